The number of quaternary nitrogens is 1. The van der Waals surface area contributed by atoms with Crippen molar-refractivity contribution < 1.29 is 24.0 Å². The van der Waals surface area contributed by atoms with Gasteiger partial charge in [0.25, 0.3) is 0 Å². The van der Waals surface area contributed by atoms with Crippen molar-refractivity contribution in [1.82, 2.24) is 0 Å². The van der Waals surface area contributed by atoms with Crippen LogP contribution in [-0.2, 0) is 28.0 Å². The topological polar surface area (TPSA) is 78.8 Å². The zero-order valence-corrected chi connectivity index (χ0v) is 18.7. The van der Waals surface area contributed by atoms with Crippen LogP contribution in [0, 0.1) is 11.1 Å². The summed E-state index contributed by atoms with van der Waals surface area (Å²) in [5.41, 5.74) is 1.53. The summed E-state index contributed by atoms with van der Waals surface area (Å²) in [5, 5.41) is 25.2. The maximum Gasteiger partial charge on any atom is 0.174 e. The van der Waals surface area contributed by atoms with Crippen LogP contribution in [0.3, 0.4) is 0 Å². The number of likely N-dealkylation sites (tertiary alicyclic amines) is 1. The summed E-state index contributed by atoms with van der Waals surface area (Å²) in [6, 6.07) is 13.4. The molecule has 2 aromatic rings. The van der Waals surface area contributed by atoms with Crippen molar-refractivity contribution in [3.8, 4) is 11.5 Å². The Balaban J connectivity index is 1.43. The van der Waals surface area contributed by atoms with Gasteiger partial charge in [-0.2, -0.15) is 0 Å². The van der Waals surface area contributed by atoms with Crippen LogP contribution in [0.5, 0.6) is 11.5 Å². The number of hydroxylamine groups is 3. The minimum atomic E-state index is -0.789. The van der Waals surface area contributed by atoms with Gasteiger partial charge in [-0.05, 0) is 36.5 Å². The fraction of sp³-hybridized carbons (Fsp3) is 0.519. The standard InChI is InChI=1S/C27H29NO5/c29-20-9-8-19-14-22-27(32-16-18-4-2-1-3-5-18)11-10-21(30)25-26(27,23(19)24(20)33-25)12-13-28(22,31)15-17-6-7-17/h1-5,8-9,17,22,25,29H,6-7,10-16H2/t22-,25+,26+,27?,28+/m1/s1. The predicted octanol–water partition coefficient (Wildman–Crippen LogP) is 3.76. The Morgan fingerprint density at radius 3 is 2.76 bits per heavy atom. The lowest BCUT2D eigenvalue weighted by molar-refractivity contribution is -0.924. The van der Waals surface area contributed by atoms with Gasteiger partial charge in [0.1, 0.15) is 11.6 Å². The molecule has 2 aliphatic heterocycles. The highest BCUT2D eigenvalue weighted by Gasteiger charge is 2.77. The zero-order valence-electron chi connectivity index (χ0n) is 18.7. The third kappa shape index (κ3) is 2.52. The molecule has 0 amide bonds. The van der Waals surface area contributed by atoms with Gasteiger partial charge in [0.2, 0.25) is 0 Å². The van der Waals surface area contributed by atoms with E-state index in [9.17, 15) is 15.1 Å². The van der Waals surface area contributed by atoms with E-state index in [1.165, 1.54) is 0 Å². The van der Waals surface area contributed by atoms with Crippen LogP contribution in [0.25, 0.3) is 0 Å². The fourth-order valence-electron chi connectivity index (χ4n) is 7.59. The lowest BCUT2D eigenvalue weighted by Gasteiger charge is -2.68. The lowest BCUT2D eigenvalue weighted by Crippen LogP contribution is -2.81. The maximum atomic E-state index is 14.5. The highest BCUT2D eigenvalue weighted by atomic mass is 16.6. The molecule has 3 aliphatic carbocycles. The van der Waals surface area contributed by atoms with E-state index in [-0.39, 0.29) is 22.2 Å². The van der Waals surface area contributed by atoms with E-state index in [0.717, 1.165) is 29.5 Å². The summed E-state index contributed by atoms with van der Waals surface area (Å²) in [4.78, 5) is 13.3. The summed E-state index contributed by atoms with van der Waals surface area (Å²) in [6.45, 7) is 1.50. The Hall–Kier alpha value is -2.41. The number of Topliss-reactive ketones (excluding diaryl/α,β-unsaturated/α-hetero) is 1. The number of carbonyl (C=O) groups is 1. The van der Waals surface area contributed by atoms with Crippen molar-refractivity contribution in [1.29, 1.82) is 0 Å². The normalized spacial score (nSPS) is 38.0. The summed E-state index contributed by atoms with van der Waals surface area (Å²) in [6.07, 6.45) is 3.60. The monoisotopic (exact) mass is 447 g/mol. The van der Waals surface area contributed by atoms with E-state index in [0.29, 0.717) is 57.0 Å². The number of phenolic OH excluding ortho intramolecular Hbond substituents is 1. The first kappa shape index (κ1) is 20.0. The Bertz CT molecular complexity index is 1150. The van der Waals surface area contributed by atoms with Crippen molar-refractivity contribution in [2.24, 2.45) is 5.92 Å². The molecule has 172 valence electrons. The van der Waals surface area contributed by atoms with Crippen molar-refractivity contribution in [3.63, 3.8) is 0 Å². The van der Waals surface area contributed by atoms with Crippen LogP contribution >= 0.6 is 0 Å². The van der Waals surface area contributed by atoms with E-state index >= 15 is 0 Å². The van der Waals surface area contributed by atoms with Gasteiger partial charge >= 0.3 is 0 Å². The number of phenols is 1. The lowest BCUT2D eigenvalue weighted by atomic mass is 9.48. The van der Waals surface area contributed by atoms with Gasteiger partial charge in [-0.15, -0.1) is 0 Å². The Labute approximate surface area is 193 Å². The maximum absolute atomic E-state index is 14.5. The Morgan fingerprint density at radius 1 is 1.15 bits per heavy atom. The summed E-state index contributed by atoms with van der Waals surface area (Å²) in [7, 11) is 0. The first-order chi connectivity index (χ1) is 16.0. The van der Waals surface area contributed by atoms with Crippen LogP contribution in [-0.4, -0.2) is 46.4 Å². The third-order valence-electron chi connectivity index (χ3n) is 9.15. The number of rotatable bonds is 5. The van der Waals surface area contributed by atoms with Gasteiger partial charge in [0.15, 0.2) is 23.4 Å². The summed E-state index contributed by atoms with van der Waals surface area (Å²) in [5.74, 6) is 1.07. The molecule has 1 saturated heterocycles. The van der Waals surface area contributed by atoms with Gasteiger partial charge in [0.05, 0.1) is 25.1 Å². The van der Waals surface area contributed by atoms with Crippen LogP contribution < -0.4 is 4.74 Å². The van der Waals surface area contributed by atoms with Gasteiger partial charge in [0, 0.05) is 30.7 Å². The summed E-state index contributed by atoms with van der Waals surface area (Å²) >= 11 is 0. The van der Waals surface area contributed by atoms with E-state index in [1.54, 1.807) is 6.07 Å². The Morgan fingerprint density at radius 2 is 1.97 bits per heavy atom. The average molecular weight is 448 g/mol. The smallest absolute Gasteiger partial charge is 0.174 e. The molecule has 1 unspecified atom stereocenters. The second-order valence-corrected chi connectivity index (χ2v) is 10.8. The zero-order chi connectivity index (χ0) is 22.4. The molecule has 1 N–H and O–H groups in total. The van der Waals surface area contributed by atoms with Crippen LogP contribution in [0.1, 0.15) is 48.8 Å². The molecule has 0 radical (unpaired) electrons. The number of benzene rings is 2. The minimum Gasteiger partial charge on any atom is -0.632 e. The molecule has 2 heterocycles. The number of carbonyl (C=O) groups excluding carboxylic acids is 1. The molecule has 5 aliphatic rings. The molecule has 0 aromatic heterocycles. The fourth-order valence-corrected chi connectivity index (χ4v) is 7.59. The number of ketones is 1. The molecule has 2 bridgehead atoms. The number of hydrogen-bond acceptors (Lipinski definition) is 5. The SMILES string of the molecule is O=C1CCC2(OCc3ccccc3)[C@H]3Cc4ccc(O)c5c4[C@@]2(CC[N@+]3([O-])CC2CC2)[C@H]1O5. The molecular formula is C27H29NO5. The number of piperidine rings is 1. The molecule has 33 heavy (non-hydrogen) atoms. The van der Waals surface area contributed by atoms with Crippen molar-refractivity contribution in [3.05, 3.63) is 64.4 Å². The largest absolute Gasteiger partial charge is 0.632 e. The van der Waals surface area contributed by atoms with Gasteiger partial charge in [-0.1, -0.05) is 36.4 Å². The van der Waals surface area contributed by atoms with Crippen molar-refractivity contribution in [2.75, 3.05) is 13.1 Å². The molecular weight excluding hydrogens is 418 g/mol. The van der Waals surface area contributed by atoms with Crippen LogP contribution in [0.4, 0.5) is 0 Å². The highest BCUT2D eigenvalue weighted by molar-refractivity contribution is 5.90. The molecule has 2 saturated carbocycles. The van der Waals surface area contributed by atoms with Gasteiger partial charge in [-0.3, -0.25) is 4.79 Å². The summed E-state index contributed by atoms with van der Waals surface area (Å²) < 4.78 is 13.0. The third-order valence-corrected chi connectivity index (χ3v) is 9.15. The van der Waals surface area contributed by atoms with Crippen LogP contribution in [0.2, 0.25) is 0 Å². The number of nitrogens with zero attached hydrogens (tertiary/aromatic N) is 1. The van der Waals surface area contributed by atoms with Crippen molar-refractivity contribution >= 4 is 5.78 Å². The molecule has 3 fully saturated rings. The van der Waals surface area contributed by atoms with Crippen molar-refractivity contribution in [2.45, 2.75) is 68.3 Å². The highest BCUT2D eigenvalue weighted by Crippen LogP contribution is 2.67. The minimum absolute atomic E-state index is 0.0595. The van der Waals surface area contributed by atoms with Crippen LogP contribution in [0.15, 0.2) is 42.5 Å². The molecule has 5 atom stereocenters. The second kappa shape index (κ2) is 6.59. The van der Waals surface area contributed by atoms with Gasteiger partial charge in [-0.25, -0.2) is 0 Å². The van der Waals surface area contributed by atoms with E-state index in [2.05, 4.69) is 0 Å². The molecule has 6 nitrogen and oxygen atoms in total. The second-order valence-electron chi connectivity index (χ2n) is 10.8. The molecule has 2 aromatic carbocycles. The van der Waals surface area contributed by atoms with E-state index in [1.807, 2.05) is 36.4 Å². The quantitative estimate of drug-likeness (QED) is 0.558. The number of aromatic hydroxyl groups is 1. The van der Waals surface area contributed by atoms with E-state index in [4.69, 9.17) is 9.47 Å². The van der Waals surface area contributed by atoms with E-state index < -0.39 is 17.1 Å². The average Bonchev–Trinajstić information content (AvgIpc) is 3.55. The first-order valence-corrected chi connectivity index (χ1v) is 12.3. The van der Waals surface area contributed by atoms with Gasteiger partial charge < -0.3 is 24.4 Å². The molecule has 6 heteroatoms. The first-order valence-electron chi connectivity index (χ1n) is 12.3. The number of ether oxygens (including phenoxy) is 2. The Kier molecular flexibility index (Phi) is 3.99. The molecule has 7 rings (SSSR count). The number of hydrogen-bond donors (Lipinski definition) is 1. The predicted molar refractivity (Wildman–Crippen MR) is 121 cm³/mol. The molecule has 1 spiro atoms.